The van der Waals surface area contributed by atoms with E-state index >= 15 is 0 Å². The van der Waals surface area contributed by atoms with Crippen LogP contribution in [0, 0.1) is 0 Å². The number of fused-ring (bicyclic) bond motifs is 3. The number of esters is 1. The average molecular weight is 512 g/mol. The Kier molecular flexibility index (Phi) is 5.13. The van der Waals surface area contributed by atoms with Crippen LogP contribution in [0.1, 0.15) is 15.9 Å². The second-order valence-electron chi connectivity index (χ2n) is 7.44. The molecule has 0 radical (unpaired) electrons. The maximum Gasteiger partial charge on any atom is 0.534 e. The molecular formula is C22H15F3O9S. The fraction of sp³-hybridized carbons (Fsp3) is 0.227. The molecule has 0 atom stereocenters. The van der Waals surface area contributed by atoms with Crippen LogP contribution in [0.4, 0.5) is 13.2 Å². The van der Waals surface area contributed by atoms with E-state index in [1.165, 1.54) is 26.4 Å². The molecule has 0 aliphatic carbocycles. The highest BCUT2D eigenvalue weighted by Gasteiger charge is 2.49. The van der Waals surface area contributed by atoms with Crippen molar-refractivity contribution >= 4 is 26.9 Å². The zero-order valence-corrected chi connectivity index (χ0v) is 18.8. The molecule has 2 aliphatic rings. The van der Waals surface area contributed by atoms with E-state index in [0.29, 0.717) is 17.1 Å². The lowest BCUT2D eigenvalue weighted by atomic mass is 9.89. The van der Waals surface area contributed by atoms with Gasteiger partial charge in [0, 0.05) is 16.5 Å². The fourth-order valence-electron chi connectivity index (χ4n) is 4.01. The van der Waals surface area contributed by atoms with Crippen LogP contribution in [0.25, 0.3) is 21.9 Å². The van der Waals surface area contributed by atoms with Crippen molar-refractivity contribution in [1.29, 1.82) is 0 Å². The summed E-state index contributed by atoms with van der Waals surface area (Å²) in [6.45, 7) is -0.508. The van der Waals surface area contributed by atoms with Crippen LogP contribution in [0.15, 0.2) is 30.3 Å². The van der Waals surface area contributed by atoms with Gasteiger partial charge in [-0.3, -0.25) is 0 Å². The third-order valence-electron chi connectivity index (χ3n) is 5.55. The Hall–Kier alpha value is -3.87. The molecule has 0 aromatic heterocycles. The lowest BCUT2D eigenvalue weighted by molar-refractivity contribution is -0.0500. The van der Waals surface area contributed by atoms with Gasteiger partial charge in [-0.1, -0.05) is 6.07 Å². The molecule has 0 amide bonds. The lowest BCUT2D eigenvalue weighted by Gasteiger charge is -2.19. The van der Waals surface area contributed by atoms with Crippen molar-refractivity contribution < 1.29 is 54.3 Å². The van der Waals surface area contributed by atoms with Crippen molar-refractivity contribution in [3.05, 3.63) is 41.5 Å². The molecule has 3 aromatic carbocycles. The smallest absolute Gasteiger partial charge is 0.493 e. The molecule has 184 valence electrons. The number of rotatable bonds is 5. The van der Waals surface area contributed by atoms with E-state index in [4.69, 9.17) is 23.7 Å². The van der Waals surface area contributed by atoms with Crippen molar-refractivity contribution in [2.75, 3.05) is 21.0 Å². The first-order valence-corrected chi connectivity index (χ1v) is 11.3. The van der Waals surface area contributed by atoms with Crippen LogP contribution >= 0.6 is 0 Å². The number of ether oxygens (including phenoxy) is 5. The van der Waals surface area contributed by atoms with Crippen LogP contribution in [0.2, 0.25) is 0 Å². The van der Waals surface area contributed by atoms with Gasteiger partial charge in [0.2, 0.25) is 6.79 Å². The Morgan fingerprint density at radius 2 is 1.54 bits per heavy atom. The molecule has 13 heteroatoms. The van der Waals surface area contributed by atoms with E-state index in [1.807, 2.05) is 0 Å². The summed E-state index contributed by atoms with van der Waals surface area (Å²) < 4.78 is 94.5. The molecule has 0 fully saturated rings. The van der Waals surface area contributed by atoms with Gasteiger partial charge in [0.15, 0.2) is 28.7 Å². The zero-order chi connectivity index (χ0) is 25.1. The standard InChI is InChI=1S/C22H15F3O9S/c1-29-15-6-11-12(7-16(15)30-2)20(34-35(27,28)22(23,24)25)13-8-31-21(26)19(13)18(11)10-3-4-14-17(5-10)33-9-32-14/h3-7H,8-9H2,1-2H3. The summed E-state index contributed by atoms with van der Waals surface area (Å²) in [6.07, 6.45) is 0. The minimum absolute atomic E-state index is 0.00716. The number of carbonyl (C=O) groups is 1. The predicted octanol–water partition coefficient (Wildman–Crippen LogP) is 4.15. The topological polar surface area (TPSA) is 107 Å². The number of hydrogen-bond donors (Lipinski definition) is 0. The van der Waals surface area contributed by atoms with Gasteiger partial charge >= 0.3 is 21.6 Å². The molecule has 0 N–H and O–H groups in total. The van der Waals surface area contributed by atoms with Crippen molar-refractivity contribution in [2.45, 2.75) is 12.1 Å². The maximum absolute atomic E-state index is 13.2. The van der Waals surface area contributed by atoms with Gasteiger partial charge in [0.1, 0.15) is 6.61 Å². The molecule has 3 aromatic rings. The monoisotopic (exact) mass is 512 g/mol. The maximum atomic E-state index is 13.2. The molecule has 5 rings (SSSR count). The number of cyclic esters (lactones) is 1. The van der Waals surface area contributed by atoms with E-state index in [1.54, 1.807) is 18.2 Å². The summed E-state index contributed by atoms with van der Waals surface area (Å²) in [5.74, 6) is -0.430. The lowest BCUT2D eigenvalue weighted by Crippen LogP contribution is -2.28. The van der Waals surface area contributed by atoms with E-state index in [9.17, 15) is 26.4 Å². The predicted molar refractivity (Wildman–Crippen MR) is 113 cm³/mol. The van der Waals surface area contributed by atoms with Gasteiger partial charge in [0.25, 0.3) is 0 Å². The van der Waals surface area contributed by atoms with E-state index in [-0.39, 0.29) is 45.8 Å². The number of hydrogen-bond acceptors (Lipinski definition) is 9. The Balaban J connectivity index is 1.89. The number of benzene rings is 3. The van der Waals surface area contributed by atoms with Crippen molar-refractivity contribution in [1.82, 2.24) is 0 Å². The van der Waals surface area contributed by atoms with Crippen LogP contribution in [-0.2, 0) is 21.5 Å². The third-order valence-corrected chi connectivity index (χ3v) is 6.51. The third kappa shape index (κ3) is 3.53. The molecule has 0 saturated carbocycles. The van der Waals surface area contributed by atoms with Gasteiger partial charge in [-0.2, -0.15) is 21.6 Å². The van der Waals surface area contributed by atoms with Gasteiger partial charge in [-0.15, -0.1) is 0 Å². The minimum Gasteiger partial charge on any atom is -0.493 e. The van der Waals surface area contributed by atoms with Gasteiger partial charge in [0.05, 0.1) is 19.8 Å². The summed E-state index contributed by atoms with van der Waals surface area (Å²) in [5, 5.41) is 0.0895. The summed E-state index contributed by atoms with van der Waals surface area (Å²) in [7, 11) is -3.43. The molecule has 0 spiro atoms. The molecule has 9 nitrogen and oxygen atoms in total. The van der Waals surface area contributed by atoms with Crippen molar-refractivity contribution in [3.8, 4) is 39.9 Å². The largest absolute Gasteiger partial charge is 0.534 e. The number of carbonyl (C=O) groups excluding carboxylic acids is 1. The molecule has 35 heavy (non-hydrogen) atoms. The highest BCUT2D eigenvalue weighted by Crippen LogP contribution is 2.50. The Morgan fingerprint density at radius 1 is 0.886 bits per heavy atom. The highest BCUT2D eigenvalue weighted by molar-refractivity contribution is 7.88. The zero-order valence-electron chi connectivity index (χ0n) is 18.0. The summed E-state index contributed by atoms with van der Waals surface area (Å²) in [4.78, 5) is 12.8. The number of alkyl halides is 3. The average Bonchev–Trinajstić information content (AvgIpc) is 3.43. The van der Waals surface area contributed by atoms with Gasteiger partial charge < -0.3 is 27.9 Å². The molecular weight excluding hydrogens is 497 g/mol. The number of halogens is 3. The highest BCUT2D eigenvalue weighted by atomic mass is 32.2. The van der Waals surface area contributed by atoms with Crippen LogP contribution in [0.5, 0.6) is 28.7 Å². The molecule has 0 unspecified atom stereocenters. The first-order valence-electron chi connectivity index (χ1n) is 9.88. The van der Waals surface area contributed by atoms with Gasteiger partial charge in [-0.25, -0.2) is 4.79 Å². The molecule has 0 saturated heterocycles. The molecule has 0 bridgehead atoms. The van der Waals surface area contributed by atoms with Crippen LogP contribution < -0.4 is 23.1 Å². The van der Waals surface area contributed by atoms with Crippen molar-refractivity contribution in [3.63, 3.8) is 0 Å². The van der Waals surface area contributed by atoms with E-state index in [2.05, 4.69) is 4.18 Å². The Bertz CT molecular complexity index is 1500. The fourth-order valence-corrected chi connectivity index (χ4v) is 4.52. The molecule has 2 heterocycles. The van der Waals surface area contributed by atoms with Crippen molar-refractivity contribution in [2.24, 2.45) is 0 Å². The van der Waals surface area contributed by atoms with E-state index in [0.717, 1.165) is 0 Å². The van der Waals surface area contributed by atoms with Gasteiger partial charge in [-0.05, 0) is 35.2 Å². The second kappa shape index (κ2) is 7.83. The summed E-state index contributed by atoms with van der Waals surface area (Å²) in [6, 6.07) is 7.50. The summed E-state index contributed by atoms with van der Waals surface area (Å²) >= 11 is 0. The Labute approximate surface area is 196 Å². The molecule has 2 aliphatic heterocycles. The first kappa shape index (κ1) is 22.9. The van der Waals surface area contributed by atoms with Crippen LogP contribution in [0.3, 0.4) is 0 Å². The second-order valence-corrected chi connectivity index (χ2v) is 8.98. The van der Waals surface area contributed by atoms with Crippen LogP contribution in [-0.4, -0.2) is 40.9 Å². The quantitative estimate of drug-likeness (QED) is 0.283. The number of methoxy groups -OCH3 is 2. The SMILES string of the molecule is COc1cc2c(OS(=O)(=O)C(F)(F)F)c3c(c(-c4ccc5c(c4)OCO5)c2cc1OC)C(=O)OC3. The van der Waals surface area contributed by atoms with E-state index < -0.39 is 34.0 Å². The first-order chi connectivity index (χ1) is 16.6. The Morgan fingerprint density at radius 3 is 2.20 bits per heavy atom. The summed E-state index contributed by atoms with van der Waals surface area (Å²) in [5.41, 5.74) is -5.31. The minimum atomic E-state index is -6.08. The normalized spacial score (nSPS) is 14.6.